The van der Waals surface area contributed by atoms with Crippen LogP contribution in [0.5, 0.6) is 5.75 Å². The van der Waals surface area contributed by atoms with Gasteiger partial charge in [-0.3, -0.25) is 0 Å². The Balaban J connectivity index is 2.65. The molecule has 3 atom stereocenters. The zero-order valence-electron chi connectivity index (χ0n) is 17.8. The van der Waals surface area contributed by atoms with Crippen LogP contribution in [0.25, 0.3) is 0 Å². The second kappa shape index (κ2) is 11.6. The van der Waals surface area contributed by atoms with E-state index in [2.05, 4.69) is 46.8 Å². The van der Waals surface area contributed by atoms with Gasteiger partial charge in [0.1, 0.15) is 18.5 Å². The van der Waals surface area contributed by atoms with Crippen LogP contribution >= 0.6 is 0 Å². The molecule has 0 aliphatic heterocycles. The highest BCUT2D eigenvalue weighted by atomic mass is 16.5. The first-order chi connectivity index (χ1) is 12.4. The van der Waals surface area contributed by atoms with Crippen LogP contribution in [-0.2, 0) is 10.2 Å². The largest absolute Gasteiger partial charge is 0.491 e. The van der Waals surface area contributed by atoms with Crippen LogP contribution in [0.4, 0.5) is 0 Å². The molecule has 0 aliphatic rings. The number of rotatable bonds is 13. The summed E-state index contributed by atoms with van der Waals surface area (Å²) >= 11 is 0. The normalized spacial score (nSPS) is 16.3. The Hall–Kier alpha value is -1.06. The lowest BCUT2D eigenvalue weighted by Gasteiger charge is -2.32. The second-order valence-corrected chi connectivity index (χ2v) is 8.01. The minimum absolute atomic E-state index is 0.204. The maximum Gasteiger partial charge on any atom is 0.119 e. The van der Waals surface area contributed by atoms with Crippen molar-refractivity contribution >= 4 is 0 Å². The van der Waals surface area contributed by atoms with Gasteiger partial charge in [0.25, 0.3) is 0 Å². The average Bonchev–Trinajstić information content (AvgIpc) is 2.65. The van der Waals surface area contributed by atoms with E-state index in [0.717, 1.165) is 24.0 Å². The quantitative estimate of drug-likeness (QED) is 0.495. The third-order valence-corrected chi connectivity index (χ3v) is 5.82. The molecule has 0 spiro atoms. The van der Waals surface area contributed by atoms with E-state index >= 15 is 0 Å². The predicted octanol–water partition coefficient (Wildman–Crippen LogP) is 5.59. The van der Waals surface area contributed by atoms with Crippen molar-refractivity contribution in [3.05, 3.63) is 29.8 Å². The average molecular weight is 365 g/mol. The fourth-order valence-electron chi connectivity index (χ4n) is 3.49. The number of hydrogen-bond acceptors (Lipinski definition) is 3. The van der Waals surface area contributed by atoms with Crippen molar-refractivity contribution in [2.24, 2.45) is 11.8 Å². The number of aliphatic hydroxyl groups is 1. The van der Waals surface area contributed by atoms with Gasteiger partial charge in [0.05, 0.1) is 6.61 Å². The highest BCUT2D eigenvalue weighted by molar-refractivity contribution is 5.32. The van der Waals surface area contributed by atoms with Crippen LogP contribution in [-0.4, -0.2) is 31.0 Å². The lowest BCUT2D eigenvalue weighted by Crippen LogP contribution is -2.24. The molecular weight excluding hydrogens is 324 g/mol. The van der Waals surface area contributed by atoms with Crippen molar-refractivity contribution in [1.29, 1.82) is 0 Å². The third-order valence-electron chi connectivity index (χ3n) is 5.82. The first-order valence-electron chi connectivity index (χ1n) is 10.3. The van der Waals surface area contributed by atoms with E-state index in [9.17, 15) is 5.11 Å². The van der Waals surface area contributed by atoms with E-state index in [1.54, 1.807) is 0 Å². The highest BCUT2D eigenvalue weighted by Gasteiger charge is 2.26. The zero-order valence-corrected chi connectivity index (χ0v) is 17.8. The number of hydrogen-bond donors (Lipinski definition) is 1. The molecule has 0 fully saturated rings. The molecule has 0 aliphatic carbocycles. The summed E-state index contributed by atoms with van der Waals surface area (Å²) in [5.41, 5.74) is 1.58. The molecule has 150 valence electrons. The topological polar surface area (TPSA) is 38.7 Å². The zero-order chi connectivity index (χ0) is 19.6. The Morgan fingerprint density at radius 2 is 1.69 bits per heavy atom. The lowest BCUT2D eigenvalue weighted by atomic mass is 9.73. The molecular formula is C23H40O3. The van der Waals surface area contributed by atoms with Crippen LogP contribution < -0.4 is 4.74 Å². The highest BCUT2D eigenvalue weighted by Crippen LogP contribution is 2.36. The SMILES string of the molecule is CCOCC(O)COc1ccc(C(C)(CC)CCC(CC)C(C)C)cc1. The smallest absolute Gasteiger partial charge is 0.119 e. The number of benzene rings is 1. The van der Waals surface area contributed by atoms with Crippen LogP contribution in [0.15, 0.2) is 24.3 Å². The van der Waals surface area contributed by atoms with Crippen molar-refractivity contribution in [3.63, 3.8) is 0 Å². The minimum Gasteiger partial charge on any atom is -0.491 e. The number of aliphatic hydroxyl groups excluding tert-OH is 1. The van der Waals surface area contributed by atoms with E-state index < -0.39 is 6.10 Å². The van der Waals surface area contributed by atoms with Crippen molar-refractivity contribution < 1.29 is 14.6 Å². The molecule has 0 saturated heterocycles. The van der Waals surface area contributed by atoms with Gasteiger partial charge in [0.2, 0.25) is 0 Å². The summed E-state index contributed by atoms with van der Waals surface area (Å²) in [6.45, 7) is 14.7. The van der Waals surface area contributed by atoms with E-state index in [1.165, 1.54) is 24.8 Å². The molecule has 3 heteroatoms. The van der Waals surface area contributed by atoms with Crippen LogP contribution in [0, 0.1) is 11.8 Å². The third kappa shape index (κ3) is 7.28. The molecule has 3 unspecified atom stereocenters. The van der Waals surface area contributed by atoms with E-state index in [-0.39, 0.29) is 12.0 Å². The molecule has 0 saturated carbocycles. The summed E-state index contributed by atoms with van der Waals surface area (Å²) in [4.78, 5) is 0. The molecule has 0 heterocycles. The summed E-state index contributed by atoms with van der Waals surface area (Å²) < 4.78 is 10.9. The molecule has 0 bridgehead atoms. The van der Waals surface area contributed by atoms with Gasteiger partial charge in [-0.05, 0) is 61.1 Å². The summed E-state index contributed by atoms with van der Waals surface area (Å²) in [6.07, 6.45) is 4.30. The van der Waals surface area contributed by atoms with Gasteiger partial charge in [0, 0.05) is 6.61 Å². The van der Waals surface area contributed by atoms with Gasteiger partial charge >= 0.3 is 0 Å². The van der Waals surface area contributed by atoms with E-state index in [0.29, 0.717) is 13.2 Å². The van der Waals surface area contributed by atoms with Crippen molar-refractivity contribution in [2.45, 2.75) is 78.7 Å². The molecule has 0 amide bonds. The standard InChI is InChI=1S/C23H40O3/c1-7-19(18(4)5)14-15-23(6,8-2)20-10-12-22(13-11-20)26-17-21(24)16-25-9-3/h10-13,18-19,21,24H,7-9,14-17H2,1-6H3. The molecule has 26 heavy (non-hydrogen) atoms. The molecule has 1 aromatic rings. The van der Waals surface area contributed by atoms with E-state index in [4.69, 9.17) is 9.47 Å². The molecule has 0 aromatic heterocycles. The summed E-state index contributed by atoms with van der Waals surface area (Å²) in [5, 5.41) is 9.80. The van der Waals surface area contributed by atoms with Gasteiger partial charge in [-0.15, -0.1) is 0 Å². The lowest BCUT2D eigenvalue weighted by molar-refractivity contribution is 0.0164. The Bertz CT molecular complexity index is 483. The van der Waals surface area contributed by atoms with Gasteiger partial charge in [-0.25, -0.2) is 0 Å². The first-order valence-corrected chi connectivity index (χ1v) is 10.3. The second-order valence-electron chi connectivity index (χ2n) is 8.01. The fraction of sp³-hybridized carbons (Fsp3) is 0.739. The summed E-state index contributed by atoms with van der Waals surface area (Å²) in [5.74, 6) is 2.35. The Morgan fingerprint density at radius 3 is 2.19 bits per heavy atom. The first kappa shape index (κ1) is 23.0. The van der Waals surface area contributed by atoms with Gasteiger partial charge < -0.3 is 14.6 Å². The minimum atomic E-state index is -0.586. The molecule has 1 N–H and O–H groups in total. The van der Waals surface area contributed by atoms with Crippen molar-refractivity contribution in [1.82, 2.24) is 0 Å². The molecule has 0 radical (unpaired) electrons. The number of ether oxygens (including phenoxy) is 2. The van der Waals surface area contributed by atoms with Gasteiger partial charge in [0.15, 0.2) is 0 Å². The molecule has 3 nitrogen and oxygen atoms in total. The Labute approximate surface area is 161 Å². The van der Waals surface area contributed by atoms with Crippen LogP contribution in [0.1, 0.15) is 72.8 Å². The maximum absolute atomic E-state index is 9.80. The molecule has 1 aromatic carbocycles. The van der Waals surface area contributed by atoms with Crippen LogP contribution in [0.3, 0.4) is 0 Å². The molecule has 1 rings (SSSR count). The fourth-order valence-corrected chi connectivity index (χ4v) is 3.49. The van der Waals surface area contributed by atoms with Crippen LogP contribution in [0.2, 0.25) is 0 Å². The summed E-state index contributed by atoms with van der Waals surface area (Å²) in [6, 6.07) is 8.42. The van der Waals surface area contributed by atoms with Gasteiger partial charge in [-0.1, -0.05) is 53.2 Å². The van der Waals surface area contributed by atoms with E-state index in [1.807, 2.05) is 19.1 Å². The summed E-state index contributed by atoms with van der Waals surface area (Å²) in [7, 11) is 0. The maximum atomic E-state index is 9.80. The Kier molecular flexibility index (Phi) is 10.3. The predicted molar refractivity (Wildman–Crippen MR) is 110 cm³/mol. The van der Waals surface area contributed by atoms with Gasteiger partial charge in [-0.2, -0.15) is 0 Å². The Morgan fingerprint density at radius 1 is 1.04 bits per heavy atom. The van der Waals surface area contributed by atoms with Crippen molar-refractivity contribution in [3.8, 4) is 5.75 Å². The monoisotopic (exact) mass is 364 g/mol. The van der Waals surface area contributed by atoms with Crippen molar-refractivity contribution in [2.75, 3.05) is 19.8 Å².